The fourth-order valence-corrected chi connectivity index (χ4v) is 14.8. The van der Waals surface area contributed by atoms with Crippen LogP contribution in [0.4, 0.5) is 0 Å². The van der Waals surface area contributed by atoms with E-state index in [9.17, 15) is 0 Å². The summed E-state index contributed by atoms with van der Waals surface area (Å²) in [5.41, 5.74) is 13.9. The molecule has 242 valence electrons. The second-order valence-corrected chi connectivity index (χ2v) is 18.6. The molecule has 0 heterocycles. The number of aryl methyl sites for hydroxylation is 1. The highest BCUT2D eigenvalue weighted by atomic mass is 28.3. The third-order valence-electron chi connectivity index (χ3n) is 11.1. The number of rotatable bonds is 9. The quantitative estimate of drug-likeness (QED) is 0.215. The van der Waals surface area contributed by atoms with E-state index in [0.717, 1.165) is 17.9 Å². The van der Waals surface area contributed by atoms with Crippen LogP contribution in [-0.4, -0.2) is 22.3 Å². The van der Waals surface area contributed by atoms with Gasteiger partial charge < -0.3 is 9.47 Å². The summed E-state index contributed by atoms with van der Waals surface area (Å²) in [5.74, 6) is 2.22. The highest BCUT2D eigenvalue weighted by molar-refractivity contribution is 6.84. The molecular formula is C45H46O2Si. The SMILES string of the molecule is COc1ccc(C2C=CC=CC3=C2C=C(C)C3[Si](C)(CCc2ccccc2)C2C(C)=CC3=C2C=CC=CC3c2ccc(OC)cc2)cc1. The van der Waals surface area contributed by atoms with Gasteiger partial charge in [0.2, 0.25) is 0 Å². The first-order valence-electron chi connectivity index (χ1n) is 17.3. The Morgan fingerprint density at radius 3 is 1.46 bits per heavy atom. The van der Waals surface area contributed by atoms with Crippen molar-refractivity contribution in [1.82, 2.24) is 0 Å². The van der Waals surface area contributed by atoms with E-state index in [1.165, 1.54) is 56.2 Å². The van der Waals surface area contributed by atoms with Crippen LogP contribution in [0.25, 0.3) is 0 Å². The minimum atomic E-state index is -2.19. The molecule has 0 saturated heterocycles. The van der Waals surface area contributed by atoms with E-state index >= 15 is 0 Å². The van der Waals surface area contributed by atoms with Crippen LogP contribution in [0, 0.1) is 0 Å². The first-order valence-corrected chi connectivity index (χ1v) is 20.1. The van der Waals surface area contributed by atoms with E-state index in [1.54, 1.807) is 14.2 Å². The molecule has 0 aromatic heterocycles. The fourth-order valence-electron chi connectivity index (χ4n) is 8.92. The monoisotopic (exact) mass is 646 g/mol. The molecule has 4 aliphatic carbocycles. The van der Waals surface area contributed by atoms with Crippen molar-refractivity contribution in [3.8, 4) is 11.5 Å². The summed E-state index contributed by atoms with van der Waals surface area (Å²) in [6.07, 6.45) is 24.8. The molecule has 7 rings (SSSR count). The molecule has 0 spiro atoms. The summed E-state index contributed by atoms with van der Waals surface area (Å²) < 4.78 is 11.0. The van der Waals surface area contributed by atoms with Crippen LogP contribution in [0.15, 0.2) is 173 Å². The van der Waals surface area contributed by atoms with Gasteiger partial charge in [-0.05, 0) is 83.5 Å². The zero-order chi connectivity index (χ0) is 33.3. The molecule has 3 aromatic carbocycles. The van der Waals surface area contributed by atoms with Crippen molar-refractivity contribution in [2.75, 3.05) is 14.2 Å². The summed E-state index contributed by atoms with van der Waals surface area (Å²) in [6, 6.07) is 29.6. The maximum absolute atomic E-state index is 5.50. The Morgan fingerprint density at radius 2 is 1.02 bits per heavy atom. The van der Waals surface area contributed by atoms with Gasteiger partial charge in [0.25, 0.3) is 0 Å². The molecule has 48 heavy (non-hydrogen) atoms. The predicted molar refractivity (Wildman–Crippen MR) is 204 cm³/mol. The Labute approximate surface area is 287 Å². The number of methoxy groups -OCH3 is 2. The first-order chi connectivity index (χ1) is 23.4. The smallest absolute Gasteiger partial charge is 0.118 e. The molecule has 0 saturated carbocycles. The lowest BCUT2D eigenvalue weighted by Gasteiger charge is -2.43. The molecule has 4 aliphatic rings. The van der Waals surface area contributed by atoms with Crippen molar-refractivity contribution in [3.63, 3.8) is 0 Å². The molecule has 0 amide bonds. The number of ether oxygens (including phenoxy) is 2. The Kier molecular flexibility index (Phi) is 8.98. The maximum Gasteiger partial charge on any atom is 0.118 e. The highest BCUT2D eigenvalue weighted by Gasteiger charge is 2.51. The molecule has 4 atom stereocenters. The molecule has 0 fully saturated rings. The van der Waals surface area contributed by atoms with Crippen LogP contribution in [0.1, 0.15) is 42.4 Å². The van der Waals surface area contributed by atoms with Gasteiger partial charge in [0.1, 0.15) is 11.5 Å². The number of hydrogen-bond acceptors (Lipinski definition) is 2. The maximum atomic E-state index is 5.50. The van der Waals surface area contributed by atoms with E-state index in [-0.39, 0.29) is 11.8 Å². The third kappa shape index (κ3) is 5.86. The molecule has 0 N–H and O–H groups in total. The molecule has 0 bridgehead atoms. The molecule has 0 radical (unpaired) electrons. The normalized spacial score (nSPS) is 24.0. The third-order valence-corrected chi connectivity index (χ3v) is 16.6. The van der Waals surface area contributed by atoms with Gasteiger partial charge in [-0.25, -0.2) is 0 Å². The van der Waals surface area contributed by atoms with Gasteiger partial charge in [-0.1, -0.05) is 139 Å². The molecular weight excluding hydrogens is 601 g/mol. The highest BCUT2D eigenvalue weighted by Crippen LogP contribution is 2.59. The zero-order valence-electron chi connectivity index (χ0n) is 28.8. The number of hydrogen-bond donors (Lipinski definition) is 0. The molecule has 3 heteroatoms. The minimum absolute atomic E-state index is 0.213. The summed E-state index contributed by atoms with van der Waals surface area (Å²) in [5, 5.41) is 0. The molecule has 3 aromatic rings. The Balaban J connectivity index is 1.34. The standard InChI is InChI=1S/C45H46O2Si/c1-31-29-42-38(34-19-23-36(46-3)24-20-34)15-9-11-17-40(42)44(31)48(5,28-27-33-13-7-6-8-14-33)45-32(2)30-43-39(16-10-12-18-41(43)45)35-21-25-37(47-4)26-22-35/h6-26,29-30,38-39,44-45H,27-28H2,1-5H3. The zero-order valence-corrected chi connectivity index (χ0v) is 29.8. The summed E-state index contributed by atoms with van der Waals surface area (Å²) >= 11 is 0. The Morgan fingerprint density at radius 1 is 0.562 bits per heavy atom. The van der Waals surface area contributed by atoms with Crippen molar-refractivity contribution in [1.29, 1.82) is 0 Å². The summed E-state index contributed by atoms with van der Waals surface area (Å²) in [6.45, 7) is 7.53. The summed E-state index contributed by atoms with van der Waals surface area (Å²) in [7, 11) is 1.28. The van der Waals surface area contributed by atoms with Crippen molar-refractivity contribution in [3.05, 3.63) is 190 Å². The average molecular weight is 647 g/mol. The topological polar surface area (TPSA) is 18.5 Å². The lowest BCUT2D eigenvalue weighted by atomic mass is 9.89. The van der Waals surface area contributed by atoms with Crippen LogP contribution in [0.3, 0.4) is 0 Å². The largest absolute Gasteiger partial charge is 0.497 e. The Bertz CT molecular complexity index is 1790. The van der Waals surface area contributed by atoms with Crippen LogP contribution in [0.2, 0.25) is 23.7 Å². The lowest BCUT2D eigenvalue weighted by Crippen LogP contribution is -2.43. The van der Waals surface area contributed by atoms with Crippen LogP contribution < -0.4 is 9.47 Å². The minimum Gasteiger partial charge on any atom is -0.497 e. The number of benzene rings is 3. The Hall–Kier alpha value is -4.60. The van der Waals surface area contributed by atoms with Gasteiger partial charge in [-0.3, -0.25) is 0 Å². The van der Waals surface area contributed by atoms with Crippen molar-refractivity contribution >= 4 is 8.07 Å². The van der Waals surface area contributed by atoms with Gasteiger partial charge in [-0.15, -0.1) is 0 Å². The fraction of sp³-hybridized carbons (Fsp3) is 0.244. The molecule has 4 unspecified atom stereocenters. The van der Waals surface area contributed by atoms with E-state index in [4.69, 9.17) is 9.47 Å². The second kappa shape index (κ2) is 13.5. The van der Waals surface area contributed by atoms with Crippen molar-refractivity contribution < 1.29 is 9.47 Å². The van der Waals surface area contributed by atoms with E-state index in [1.807, 2.05) is 0 Å². The van der Waals surface area contributed by atoms with Crippen LogP contribution in [0.5, 0.6) is 11.5 Å². The van der Waals surface area contributed by atoms with Gasteiger partial charge in [0, 0.05) is 22.9 Å². The van der Waals surface area contributed by atoms with E-state index < -0.39 is 8.07 Å². The molecule has 2 nitrogen and oxygen atoms in total. The lowest BCUT2D eigenvalue weighted by molar-refractivity contribution is 0.414. The summed E-state index contributed by atoms with van der Waals surface area (Å²) in [4.78, 5) is 0. The van der Waals surface area contributed by atoms with Crippen LogP contribution >= 0.6 is 0 Å². The van der Waals surface area contributed by atoms with Gasteiger partial charge in [0.15, 0.2) is 0 Å². The average Bonchev–Trinajstić information content (AvgIpc) is 3.45. The number of allylic oxidation sites excluding steroid dienone is 16. The van der Waals surface area contributed by atoms with Crippen LogP contribution in [-0.2, 0) is 6.42 Å². The van der Waals surface area contributed by atoms with E-state index in [2.05, 4.69) is 160 Å². The van der Waals surface area contributed by atoms with Gasteiger partial charge in [0.05, 0.1) is 22.3 Å². The van der Waals surface area contributed by atoms with Gasteiger partial charge >= 0.3 is 0 Å². The van der Waals surface area contributed by atoms with Crippen molar-refractivity contribution in [2.45, 2.75) is 55.8 Å². The first kappa shape index (κ1) is 32.0. The second-order valence-electron chi connectivity index (χ2n) is 13.9. The molecule has 0 aliphatic heterocycles. The van der Waals surface area contributed by atoms with Crippen molar-refractivity contribution in [2.24, 2.45) is 0 Å². The predicted octanol–water partition coefficient (Wildman–Crippen LogP) is 11.4. The van der Waals surface area contributed by atoms with E-state index in [0.29, 0.717) is 11.1 Å². The van der Waals surface area contributed by atoms with Gasteiger partial charge in [-0.2, -0.15) is 0 Å².